The second-order valence-corrected chi connectivity index (χ2v) is 12.1. The number of hydrogen-bond donors (Lipinski definition) is 4. The van der Waals surface area contributed by atoms with Crippen molar-refractivity contribution in [2.45, 2.75) is 142 Å². The number of allylic oxidation sites excluding steroid dienone is 1. The number of aliphatic hydroxyl groups excluding tert-OH is 1. The summed E-state index contributed by atoms with van der Waals surface area (Å²) in [5.41, 5.74) is -0.00399. The molecule has 0 aliphatic heterocycles. The van der Waals surface area contributed by atoms with Crippen LogP contribution in [0.15, 0.2) is 30.3 Å². The largest absolute Gasteiger partial charge is 0.507 e. The van der Waals surface area contributed by atoms with Gasteiger partial charge in [-0.3, -0.25) is 19.2 Å². The Morgan fingerprint density at radius 3 is 1.64 bits per heavy atom. The minimum absolute atomic E-state index is 0.0397. The standard InChI is InChI=1S/C36H56F3N3O5/c1-3-5-7-9-11-13-15-17-25-40-33(45)24-23-30(35(47)41-26-18-16-14-12-10-8-6-4-2)42-34(46)29-21-19-28(20-22-29)31(43)27-32(44)36(37,38)39/h19-22,27,30,43H,3-18,23-26H2,1-2H3,(H,40,45)(H,41,47)(H,42,46)/b31-27+. The summed E-state index contributed by atoms with van der Waals surface area (Å²) in [5, 5.41) is 18.3. The molecule has 3 amide bonds. The van der Waals surface area contributed by atoms with Crippen LogP contribution in [0.4, 0.5) is 13.2 Å². The lowest BCUT2D eigenvalue weighted by atomic mass is 10.1. The van der Waals surface area contributed by atoms with Crippen LogP contribution in [0.5, 0.6) is 0 Å². The number of rotatable bonds is 26. The summed E-state index contributed by atoms with van der Waals surface area (Å²) in [6, 6.07) is 3.93. The third-order valence-electron chi connectivity index (χ3n) is 7.95. The highest BCUT2D eigenvalue weighted by atomic mass is 19.4. The van der Waals surface area contributed by atoms with Crippen LogP contribution >= 0.6 is 0 Å². The van der Waals surface area contributed by atoms with E-state index in [1.807, 2.05) is 0 Å². The summed E-state index contributed by atoms with van der Waals surface area (Å²) in [6.45, 7) is 5.37. The normalized spacial score (nSPS) is 12.4. The fraction of sp³-hybridized carbons (Fsp3) is 0.667. The maximum absolute atomic E-state index is 13.1. The van der Waals surface area contributed by atoms with Gasteiger partial charge in [-0.05, 0) is 31.4 Å². The van der Waals surface area contributed by atoms with Crippen molar-refractivity contribution >= 4 is 29.3 Å². The molecule has 47 heavy (non-hydrogen) atoms. The van der Waals surface area contributed by atoms with E-state index in [1.165, 1.54) is 82.1 Å². The first-order chi connectivity index (χ1) is 22.5. The van der Waals surface area contributed by atoms with E-state index in [0.717, 1.165) is 44.9 Å². The smallest absolute Gasteiger partial charge is 0.454 e. The van der Waals surface area contributed by atoms with Gasteiger partial charge in [0.15, 0.2) is 0 Å². The number of amides is 3. The zero-order valence-electron chi connectivity index (χ0n) is 28.3. The van der Waals surface area contributed by atoms with E-state index in [4.69, 9.17) is 0 Å². The molecule has 1 aromatic rings. The topological polar surface area (TPSA) is 125 Å². The van der Waals surface area contributed by atoms with Gasteiger partial charge in [0.2, 0.25) is 11.8 Å². The van der Waals surface area contributed by atoms with Crippen molar-refractivity contribution in [3.8, 4) is 0 Å². The number of alkyl halides is 3. The van der Waals surface area contributed by atoms with Gasteiger partial charge in [0.1, 0.15) is 11.8 Å². The van der Waals surface area contributed by atoms with E-state index in [2.05, 4.69) is 29.8 Å². The number of halogens is 3. The molecular weight excluding hydrogens is 611 g/mol. The van der Waals surface area contributed by atoms with E-state index in [9.17, 15) is 37.5 Å². The Morgan fingerprint density at radius 1 is 0.702 bits per heavy atom. The molecule has 0 fully saturated rings. The molecule has 0 heterocycles. The average Bonchev–Trinajstić information content (AvgIpc) is 3.04. The van der Waals surface area contributed by atoms with Crippen molar-refractivity contribution in [2.24, 2.45) is 0 Å². The monoisotopic (exact) mass is 667 g/mol. The molecule has 0 aromatic heterocycles. The molecule has 11 heteroatoms. The Balaban J connectivity index is 2.69. The van der Waals surface area contributed by atoms with Crippen LogP contribution < -0.4 is 16.0 Å². The SMILES string of the molecule is CCCCCCCCCCNC(=O)CCC(NC(=O)c1ccc(/C(O)=C\C(=O)C(F)(F)F)cc1)C(=O)NCCCCCCCCCC. The highest BCUT2D eigenvalue weighted by molar-refractivity contribution is 6.00. The zero-order chi connectivity index (χ0) is 34.9. The molecule has 0 aliphatic carbocycles. The third-order valence-corrected chi connectivity index (χ3v) is 7.95. The molecule has 4 N–H and O–H groups in total. The van der Waals surface area contributed by atoms with E-state index >= 15 is 0 Å². The fourth-order valence-electron chi connectivity index (χ4n) is 5.04. The predicted molar refractivity (Wildman–Crippen MR) is 180 cm³/mol. The van der Waals surface area contributed by atoms with Gasteiger partial charge in [-0.1, -0.05) is 116 Å². The molecule has 8 nitrogen and oxygen atoms in total. The van der Waals surface area contributed by atoms with Crippen LogP contribution in [0.25, 0.3) is 5.76 Å². The number of unbranched alkanes of at least 4 members (excludes halogenated alkanes) is 14. The maximum atomic E-state index is 13.1. The minimum atomic E-state index is -5.12. The summed E-state index contributed by atoms with van der Waals surface area (Å²) in [7, 11) is 0. The number of carbonyl (C=O) groups is 4. The summed E-state index contributed by atoms with van der Waals surface area (Å²) >= 11 is 0. The van der Waals surface area contributed by atoms with Crippen LogP contribution in [0.2, 0.25) is 0 Å². The molecular formula is C36H56F3N3O5. The number of hydrogen-bond acceptors (Lipinski definition) is 5. The minimum Gasteiger partial charge on any atom is -0.507 e. The Bertz CT molecular complexity index is 1090. The van der Waals surface area contributed by atoms with E-state index in [1.54, 1.807) is 0 Å². The van der Waals surface area contributed by atoms with Crippen LogP contribution in [-0.2, 0) is 14.4 Å². The molecule has 0 spiro atoms. The molecule has 1 unspecified atom stereocenters. The molecule has 0 radical (unpaired) electrons. The number of nitrogens with one attached hydrogen (secondary N) is 3. The van der Waals surface area contributed by atoms with Gasteiger partial charge in [0.05, 0.1) is 0 Å². The van der Waals surface area contributed by atoms with E-state index < -0.39 is 35.6 Å². The summed E-state index contributed by atoms with van der Waals surface area (Å²) in [4.78, 5) is 49.7. The second kappa shape index (κ2) is 24.8. The second-order valence-electron chi connectivity index (χ2n) is 12.1. The Hall–Kier alpha value is -3.37. The highest BCUT2D eigenvalue weighted by Crippen LogP contribution is 2.20. The lowest BCUT2D eigenvalue weighted by Crippen LogP contribution is -2.47. The van der Waals surface area contributed by atoms with Crippen LogP contribution in [-0.4, -0.2) is 53.9 Å². The van der Waals surface area contributed by atoms with Gasteiger partial charge in [0, 0.05) is 36.7 Å². The molecule has 0 saturated heterocycles. The molecule has 266 valence electrons. The van der Waals surface area contributed by atoms with Gasteiger partial charge in [-0.2, -0.15) is 13.2 Å². The molecule has 0 saturated carbocycles. The lowest BCUT2D eigenvalue weighted by molar-refractivity contribution is -0.165. The van der Waals surface area contributed by atoms with E-state index in [-0.39, 0.29) is 36.0 Å². The molecule has 0 bridgehead atoms. The first-order valence-electron chi connectivity index (χ1n) is 17.5. The van der Waals surface area contributed by atoms with Crippen LogP contribution in [0.3, 0.4) is 0 Å². The first-order valence-corrected chi connectivity index (χ1v) is 17.5. The predicted octanol–water partition coefficient (Wildman–Crippen LogP) is 8.11. The van der Waals surface area contributed by atoms with Gasteiger partial charge in [0.25, 0.3) is 11.7 Å². The quantitative estimate of drug-likeness (QED) is 0.0451. The summed E-state index contributed by atoms with van der Waals surface area (Å²) in [6.07, 6.45) is 13.2. The molecule has 1 aromatic carbocycles. The molecule has 1 atom stereocenters. The number of ketones is 1. The first kappa shape index (κ1) is 41.7. The number of carbonyl (C=O) groups excluding carboxylic acids is 4. The number of benzene rings is 1. The van der Waals surface area contributed by atoms with Gasteiger partial charge in [-0.25, -0.2) is 0 Å². The van der Waals surface area contributed by atoms with Crippen molar-refractivity contribution in [1.29, 1.82) is 0 Å². The highest BCUT2D eigenvalue weighted by Gasteiger charge is 2.37. The summed E-state index contributed by atoms with van der Waals surface area (Å²) in [5.74, 6) is -4.34. The van der Waals surface area contributed by atoms with Crippen molar-refractivity contribution in [3.05, 3.63) is 41.5 Å². The third kappa shape index (κ3) is 19.8. The van der Waals surface area contributed by atoms with E-state index in [0.29, 0.717) is 13.1 Å². The van der Waals surface area contributed by atoms with Crippen molar-refractivity contribution in [1.82, 2.24) is 16.0 Å². The van der Waals surface area contributed by atoms with Crippen molar-refractivity contribution in [3.63, 3.8) is 0 Å². The van der Waals surface area contributed by atoms with Crippen LogP contribution in [0.1, 0.15) is 145 Å². The van der Waals surface area contributed by atoms with Gasteiger partial charge in [-0.15, -0.1) is 0 Å². The van der Waals surface area contributed by atoms with Crippen molar-refractivity contribution < 1.29 is 37.5 Å². The average molecular weight is 668 g/mol. The fourth-order valence-corrected chi connectivity index (χ4v) is 5.04. The van der Waals surface area contributed by atoms with Crippen LogP contribution in [0, 0.1) is 0 Å². The Kier molecular flexibility index (Phi) is 21.9. The van der Waals surface area contributed by atoms with Crippen molar-refractivity contribution in [2.75, 3.05) is 13.1 Å². The maximum Gasteiger partial charge on any atom is 0.454 e. The zero-order valence-corrected chi connectivity index (χ0v) is 28.3. The van der Waals surface area contributed by atoms with Gasteiger partial charge >= 0.3 is 6.18 Å². The molecule has 1 rings (SSSR count). The summed E-state index contributed by atoms with van der Waals surface area (Å²) < 4.78 is 37.5. The lowest BCUT2D eigenvalue weighted by Gasteiger charge is -2.19. The van der Waals surface area contributed by atoms with Gasteiger partial charge < -0.3 is 21.1 Å². The Labute approximate surface area is 278 Å². The Morgan fingerprint density at radius 2 is 1.15 bits per heavy atom. The number of aliphatic hydroxyl groups is 1. The molecule has 0 aliphatic rings.